The molecular formula is C8H9NO2S. The van der Waals surface area contributed by atoms with Crippen molar-refractivity contribution in [3.8, 4) is 0 Å². The van der Waals surface area contributed by atoms with Gasteiger partial charge in [-0.05, 0) is 12.1 Å². The number of rotatable bonds is 2. The summed E-state index contributed by atoms with van der Waals surface area (Å²) < 4.78 is 11.1. The third-order valence-corrected chi connectivity index (χ3v) is 2.44. The lowest BCUT2D eigenvalue weighted by Gasteiger charge is -2.01. The first-order valence-corrected chi connectivity index (χ1v) is 4.91. The van der Waals surface area contributed by atoms with Gasteiger partial charge in [0.25, 0.3) is 0 Å². The van der Waals surface area contributed by atoms with Gasteiger partial charge in [-0.1, -0.05) is 12.1 Å². The van der Waals surface area contributed by atoms with Crippen molar-refractivity contribution in [2.24, 2.45) is 5.73 Å². The standard InChI is InChI=1S/C8H9NO2S/c1-12(11)7-5-3-2-4-6(7)8(9)10/h2-5H,1H3,(H2,9,10). The van der Waals surface area contributed by atoms with Crippen LogP contribution < -0.4 is 5.73 Å². The van der Waals surface area contributed by atoms with Crippen LogP contribution in [0.3, 0.4) is 0 Å². The third kappa shape index (κ3) is 1.71. The summed E-state index contributed by atoms with van der Waals surface area (Å²) in [6, 6.07) is 6.62. The Hall–Kier alpha value is -1.16. The molecule has 1 aromatic rings. The summed E-state index contributed by atoms with van der Waals surface area (Å²) >= 11 is 0. The van der Waals surface area contributed by atoms with E-state index in [0.717, 1.165) is 0 Å². The fourth-order valence-corrected chi connectivity index (χ4v) is 1.67. The largest absolute Gasteiger partial charge is 0.366 e. The highest BCUT2D eigenvalue weighted by molar-refractivity contribution is 7.84. The first kappa shape index (κ1) is 8.93. The molecule has 0 aromatic heterocycles. The maximum atomic E-state index is 11.1. The predicted octanol–water partition coefficient (Wildman–Crippen LogP) is 0.523. The van der Waals surface area contributed by atoms with E-state index in [1.54, 1.807) is 24.3 Å². The van der Waals surface area contributed by atoms with Crippen LogP contribution in [-0.4, -0.2) is 16.4 Å². The van der Waals surface area contributed by atoms with Crippen LogP contribution in [0.2, 0.25) is 0 Å². The van der Waals surface area contributed by atoms with Gasteiger partial charge in [0.15, 0.2) is 0 Å². The van der Waals surface area contributed by atoms with Crippen molar-refractivity contribution in [2.45, 2.75) is 4.90 Å². The Balaban J connectivity index is 3.27. The molecule has 0 saturated carbocycles. The van der Waals surface area contributed by atoms with Crippen LogP contribution in [0, 0.1) is 0 Å². The van der Waals surface area contributed by atoms with E-state index >= 15 is 0 Å². The van der Waals surface area contributed by atoms with Crippen LogP contribution in [-0.2, 0) is 10.8 Å². The summed E-state index contributed by atoms with van der Waals surface area (Å²) in [6.07, 6.45) is 1.52. The molecule has 12 heavy (non-hydrogen) atoms. The number of nitrogens with two attached hydrogens (primary N) is 1. The number of carbonyl (C=O) groups excluding carboxylic acids is 1. The normalized spacial score (nSPS) is 12.4. The van der Waals surface area contributed by atoms with Crippen LogP contribution in [0.25, 0.3) is 0 Å². The second kappa shape index (κ2) is 3.49. The molecule has 0 aliphatic heterocycles. The molecule has 0 radical (unpaired) electrons. The van der Waals surface area contributed by atoms with Crippen molar-refractivity contribution in [3.05, 3.63) is 29.8 Å². The molecule has 3 nitrogen and oxygen atoms in total. The number of primary amides is 1. The van der Waals surface area contributed by atoms with E-state index in [2.05, 4.69) is 0 Å². The maximum absolute atomic E-state index is 11.1. The highest BCUT2D eigenvalue weighted by Gasteiger charge is 2.08. The van der Waals surface area contributed by atoms with Crippen LogP contribution in [0.5, 0.6) is 0 Å². The molecule has 0 heterocycles. The Morgan fingerprint density at radius 3 is 2.42 bits per heavy atom. The third-order valence-electron chi connectivity index (χ3n) is 1.46. The fourth-order valence-electron chi connectivity index (χ4n) is 0.921. The molecule has 0 saturated heterocycles. The summed E-state index contributed by atoms with van der Waals surface area (Å²) in [5, 5.41) is 0. The molecule has 0 bridgehead atoms. The van der Waals surface area contributed by atoms with Crippen LogP contribution in [0.4, 0.5) is 0 Å². The number of carbonyl (C=O) groups is 1. The lowest BCUT2D eigenvalue weighted by Crippen LogP contribution is -2.13. The number of hydrogen-bond acceptors (Lipinski definition) is 2. The number of amides is 1. The number of hydrogen-bond donors (Lipinski definition) is 1. The smallest absolute Gasteiger partial charge is 0.249 e. The zero-order valence-corrected chi connectivity index (χ0v) is 7.43. The Morgan fingerprint density at radius 2 is 2.00 bits per heavy atom. The van der Waals surface area contributed by atoms with Gasteiger partial charge in [-0.3, -0.25) is 9.00 Å². The highest BCUT2D eigenvalue weighted by atomic mass is 32.2. The predicted molar refractivity (Wildman–Crippen MR) is 47.3 cm³/mol. The van der Waals surface area contributed by atoms with Crippen molar-refractivity contribution in [3.63, 3.8) is 0 Å². The van der Waals surface area contributed by atoms with E-state index in [4.69, 9.17) is 5.73 Å². The molecule has 0 fully saturated rings. The highest BCUT2D eigenvalue weighted by Crippen LogP contribution is 2.10. The lowest BCUT2D eigenvalue weighted by molar-refractivity contribution is 0.0997. The van der Waals surface area contributed by atoms with E-state index in [0.29, 0.717) is 10.5 Å². The van der Waals surface area contributed by atoms with E-state index < -0.39 is 16.7 Å². The SMILES string of the molecule is CS(=O)c1ccccc1C(N)=O. The summed E-state index contributed by atoms with van der Waals surface area (Å²) in [5.74, 6) is -0.541. The van der Waals surface area contributed by atoms with Crippen molar-refractivity contribution >= 4 is 16.7 Å². The Bertz CT molecular complexity index is 303. The lowest BCUT2D eigenvalue weighted by atomic mass is 10.2. The summed E-state index contributed by atoms with van der Waals surface area (Å²) in [6.45, 7) is 0. The summed E-state index contributed by atoms with van der Waals surface area (Å²) in [5.41, 5.74) is 5.41. The molecule has 4 heteroatoms. The average Bonchev–Trinajstić information content (AvgIpc) is 2.04. The van der Waals surface area contributed by atoms with Crippen LogP contribution in [0.15, 0.2) is 29.2 Å². The fraction of sp³-hybridized carbons (Fsp3) is 0.125. The van der Waals surface area contributed by atoms with Crippen molar-refractivity contribution in [2.75, 3.05) is 6.26 Å². The van der Waals surface area contributed by atoms with Gasteiger partial charge >= 0.3 is 0 Å². The Morgan fingerprint density at radius 1 is 1.42 bits per heavy atom. The Kier molecular flexibility index (Phi) is 2.60. The van der Waals surface area contributed by atoms with E-state index in [1.807, 2.05) is 0 Å². The van der Waals surface area contributed by atoms with Gasteiger partial charge in [-0.25, -0.2) is 0 Å². The van der Waals surface area contributed by atoms with Crippen molar-refractivity contribution in [1.82, 2.24) is 0 Å². The van der Waals surface area contributed by atoms with Gasteiger partial charge in [0.05, 0.1) is 21.3 Å². The zero-order chi connectivity index (χ0) is 9.14. The molecule has 1 aromatic carbocycles. The molecular weight excluding hydrogens is 174 g/mol. The van der Waals surface area contributed by atoms with Gasteiger partial charge in [-0.15, -0.1) is 0 Å². The van der Waals surface area contributed by atoms with Gasteiger partial charge in [0.1, 0.15) is 0 Å². The molecule has 0 aliphatic rings. The van der Waals surface area contributed by atoms with Crippen LogP contribution >= 0.6 is 0 Å². The molecule has 2 N–H and O–H groups in total. The minimum atomic E-state index is -1.16. The number of benzene rings is 1. The first-order valence-electron chi connectivity index (χ1n) is 3.35. The van der Waals surface area contributed by atoms with Crippen molar-refractivity contribution < 1.29 is 9.00 Å². The monoisotopic (exact) mass is 183 g/mol. The van der Waals surface area contributed by atoms with Gasteiger partial charge in [0.2, 0.25) is 5.91 Å². The average molecular weight is 183 g/mol. The van der Waals surface area contributed by atoms with Gasteiger partial charge in [-0.2, -0.15) is 0 Å². The molecule has 64 valence electrons. The first-order chi connectivity index (χ1) is 5.63. The molecule has 1 rings (SSSR count). The molecule has 1 amide bonds. The topological polar surface area (TPSA) is 60.2 Å². The molecule has 0 spiro atoms. The maximum Gasteiger partial charge on any atom is 0.249 e. The van der Waals surface area contributed by atoms with E-state index in [9.17, 15) is 9.00 Å². The molecule has 0 aliphatic carbocycles. The zero-order valence-electron chi connectivity index (χ0n) is 6.61. The van der Waals surface area contributed by atoms with Gasteiger partial charge < -0.3 is 5.73 Å². The molecule has 1 atom stereocenters. The second-order valence-corrected chi connectivity index (χ2v) is 3.66. The van der Waals surface area contributed by atoms with Crippen molar-refractivity contribution in [1.29, 1.82) is 0 Å². The Labute approximate surface area is 73.0 Å². The van der Waals surface area contributed by atoms with Gasteiger partial charge in [0, 0.05) is 6.26 Å². The van der Waals surface area contributed by atoms with E-state index in [1.165, 1.54) is 6.26 Å². The summed E-state index contributed by atoms with van der Waals surface area (Å²) in [4.78, 5) is 11.3. The summed E-state index contributed by atoms with van der Waals surface area (Å²) in [7, 11) is -1.16. The van der Waals surface area contributed by atoms with Crippen LogP contribution in [0.1, 0.15) is 10.4 Å². The van der Waals surface area contributed by atoms with E-state index in [-0.39, 0.29) is 0 Å². The minimum absolute atomic E-state index is 0.332. The molecule has 1 unspecified atom stereocenters. The minimum Gasteiger partial charge on any atom is -0.366 e. The second-order valence-electron chi connectivity index (χ2n) is 2.31. The quantitative estimate of drug-likeness (QED) is 0.726.